The van der Waals surface area contributed by atoms with E-state index in [1.165, 1.54) is 0 Å². The zero-order valence-corrected chi connectivity index (χ0v) is 9.86. The normalized spacial score (nSPS) is 23.2. The van der Waals surface area contributed by atoms with E-state index in [1.807, 2.05) is 19.1 Å². The van der Waals surface area contributed by atoms with Gasteiger partial charge in [0, 0.05) is 6.54 Å². The van der Waals surface area contributed by atoms with Gasteiger partial charge >= 0.3 is 0 Å². The van der Waals surface area contributed by atoms with Crippen LogP contribution in [0.2, 0.25) is 0 Å². The molecule has 1 aliphatic heterocycles. The van der Waals surface area contributed by atoms with Crippen LogP contribution in [0.5, 0.6) is 0 Å². The first kappa shape index (κ1) is 11.6. The highest BCUT2D eigenvalue weighted by Gasteiger charge is 2.16. The molecular weight excluding hydrogens is 206 g/mol. The van der Waals surface area contributed by atoms with Crippen molar-refractivity contribution in [3.63, 3.8) is 0 Å². The standard InChI is InChI=1S/C12H19NO3/c1-9-3-4-12(16-9)10(2)13-7-11-8-14-5-6-15-11/h3-4,10-11,13H,5-8H2,1-2H3. The third-order valence-electron chi connectivity index (χ3n) is 2.72. The third kappa shape index (κ3) is 3.07. The fourth-order valence-corrected chi connectivity index (χ4v) is 1.75. The molecule has 0 bridgehead atoms. The maximum atomic E-state index is 5.55. The van der Waals surface area contributed by atoms with E-state index < -0.39 is 0 Å². The number of rotatable bonds is 4. The van der Waals surface area contributed by atoms with Crippen molar-refractivity contribution in [2.24, 2.45) is 0 Å². The number of nitrogens with one attached hydrogen (secondary N) is 1. The summed E-state index contributed by atoms with van der Waals surface area (Å²) in [5.74, 6) is 1.91. The van der Waals surface area contributed by atoms with Crippen LogP contribution in [0.15, 0.2) is 16.5 Å². The van der Waals surface area contributed by atoms with E-state index in [0.29, 0.717) is 19.8 Å². The summed E-state index contributed by atoms with van der Waals surface area (Å²) < 4.78 is 16.4. The summed E-state index contributed by atoms with van der Waals surface area (Å²) in [6, 6.07) is 4.19. The fourth-order valence-electron chi connectivity index (χ4n) is 1.75. The molecule has 90 valence electrons. The van der Waals surface area contributed by atoms with Crippen LogP contribution in [0, 0.1) is 6.92 Å². The Hall–Kier alpha value is -0.840. The molecule has 2 heterocycles. The maximum absolute atomic E-state index is 5.55. The molecule has 0 saturated carbocycles. The lowest BCUT2D eigenvalue weighted by Gasteiger charge is -2.24. The lowest BCUT2D eigenvalue weighted by Crippen LogP contribution is -2.38. The number of ether oxygens (including phenoxy) is 2. The third-order valence-corrected chi connectivity index (χ3v) is 2.72. The van der Waals surface area contributed by atoms with Crippen molar-refractivity contribution in [3.05, 3.63) is 23.7 Å². The van der Waals surface area contributed by atoms with Crippen molar-refractivity contribution in [3.8, 4) is 0 Å². The van der Waals surface area contributed by atoms with E-state index in [-0.39, 0.29) is 12.1 Å². The van der Waals surface area contributed by atoms with Crippen LogP contribution in [0.3, 0.4) is 0 Å². The van der Waals surface area contributed by atoms with Crippen molar-refractivity contribution in [2.45, 2.75) is 26.0 Å². The number of hydrogen-bond donors (Lipinski definition) is 1. The van der Waals surface area contributed by atoms with Crippen molar-refractivity contribution in [1.29, 1.82) is 0 Å². The van der Waals surface area contributed by atoms with Gasteiger partial charge in [0.2, 0.25) is 0 Å². The van der Waals surface area contributed by atoms with Gasteiger partial charge in [-0.15, -0.1) is 0 Å². The second kappa shape index (κ2) is 5.48. The molecule has 4 heteroatoms. The molecule has 1 aromatic rings. The molecule has 16 heavy (non-hydrogen) atoms. The van der Waals surface area contributed by atoms with E-state index in [1.54, 1.807) is 0 Å². The van der Waals surface area contributed by atoms with E-state index in [9.17, 15) is 0 Å². The van der Waals surface area contributed by atoms with E-state index >= 15 is 0 Å². The van der Waals surface area contributed by atoms with Gasteiger partial charge in [-0.05, 0) is 26.0 Å². The molecule has 2 rings (SSSR count). The minimum absolute atomic E-state index is 0.159. The van der Waals surface area contributed by atoms with Gasteiger partial charge < -0.3 is 19.2 Å². The Balaban J connectivity index is 1.76. The molecule has 1 N–H and O–H groups in total. The van der Waals surface area contributed by atoms with Crippen LogP contribution >= 0.6 is 0 Å². The first-order chi connectivity index (χ1) is 7.75. The fraction of sp³-hybridized carbons (Fsp3) is 0.667. The zero-order valence-electron chi connectivity index (χ0n) is 9.86. The first-order valence-electron chi connectivity index (χ1n) is 5.75. The van der Waals surface area contributed by atoms with Crippen LogP contribution in [0.1, 0.15) is 24.5 Å². The first-order valence-corrected chi connectivity index (χ1v) is 5.75. The van der Waals surface area contributed by atoms with Gasteiger partial charge in [0.25, 0.3) is 0 Å². The molecular formula is C12H19NO3. The van der Waals surface area contributed by atoms with E-state index in [0.717, 1.165) is 18.1 Å². The SMILES string of the molecule is Cc1ccc(C(C)NCC2COCCO2)o1. The Morgan fingerprint density at radius 1 is 1.44 bits per heavy atom. The van der Waals surface area contributed by atoms with Gasteiger partial charge in [0.05, 0.1) is 32.0 Å². The number of hydrogen-bond acceptors (Lipinski definition) is 4. The molecule has 2 unspecified atom stereocenters. The van der Waals surface area contributed by atoms with Crippen LogP contribution in [0.4, 0.5) is 0 Å². The van der Waals surface area contributed by atoms with Gasteiger partial charge in [-0.1, -0.05) is 0 Å². The smallest absolute Gasteiger partial charge is 0.120 e. The average molecular weight is 225 g/mol. The minimum atomic E-state index is 0.159. The van der Waals surface area contributed by atoms with Gasteiger partial charge in [0.1, 0.15) is 11.5 Å². The van der Waals surface area contributed by atoms with Crippen molar-refractivity contribution >= 4 is 0 Å². The molecule has 0 amide bonds. The average Bonchev–Trinajstić information content (AvgIpc) is 2.74. The molecule has 1 aromatic heterocycles. The summed E-state index contributed by atoms with van der Waals surface area (Å²) in [7, 11) is 0. The van der Waals surface area contributed by atoms with Crippen molar-refractivity contribution in [2.75, 3.05) is 26.4 Å². The highest BCUT2D eigenvalue weighted by molar-refractivity contribution is 5.08. The summed E-state index contributed by atoms with van der Waals surface area (Å²) in [5.41, 5.74) is 0. The zero-order chi connectivity index (χ0) is 11.4. The molecule has 0 aromatic carbocycles. The molecule has 0 radical (unpaired) electrons. The molecule has 1 saturated heterocycles. The Morgan fingerprint density at radius 3 is 2.94 bits per heavy atom. The number of aryl methyl sites for hydroxylation is 1. The lowest BCUT2D eigenvalue weighted by molar-refractivity contribution is -0.0871. The van der Waals surface area contributed by atoms with Gasteiger partial charge in [-0.3, -0.25) is 0 Å². The topological polar surface area (TPSA) is 43.6 Å². The minimum Gasteiger partial charge on any atom is -0.465 e. The summed E-state index contributed by atoms with van der Waals surface area (Å²) in [5, 5.41) is 3.38. The lowest BCUT2D eigenvalue weighted by atomic mass is 10.2. The second-order valence-electron chi connectivity index (χ2n) is 4.15. The molecule has 0 aliphatic carbocycles. The van der Waals surface area contributed by atoms with Crippen LogP contribution in [-0.4, -0.2) is 32.5 Å². The van der Waals surface area contributed by atoms with E-state index in [4.69, 9.17) is 13.9 Å². The summed E-state index contributed by atoms with van der Waals surface area (Å²) in [6.07, 6.45) is 0.159. The van der Waals surface area contributed by atoms with Gasteiger partial charge in [-0.25, -0.2) is 0 Å². The summed E-state index contributed by atoms with van der Waals surface area (Å²) >= 11 is 0. The van der Waals surface area contributed by atoms with Crippen molar-refractivity contribution in [1.82, 2.24) is 5.32 Å². The molecule has 0 spiro atoms. The molecule has 2 atom stereocenters. The molecule has 1 aliphatic rings. The highest BCUT2D eigenvalue weighted by Crippen LogP contribution is 2.15. The van der Waals surface area contributed by atoms with Crippen LogP contribution in [-0.2, 0) is 9.47 Å². The van der Waals surface area contributed by atoms with Crippen molar-refractivity contribution < 1.29 is 13.9 Å². The van der Waals surface area contributed by atoms with Crippen LogP contribution < -0.4 is 5.32 Å². The quantitative estimate of drug-likeness (QED) is 0.846. The Labute approximate surface area is 95.9 Å². The predicted molar refractivity (Wildman–Crippen MR) is 60.4 cm³/mol. The molecule has 1 fully saturated rings. The second-order valence-corrected chi connectivity index (χ2v) is 4.15. The Kier molecular flexibility index (Phi) is 3.98. The van der Waals surface area contributed by atoms with Gasteiger partial charge in [0.15, 0.2) is 0 Å². The van der Waals surface area contributed by atoms with Gasteiger partial charge in [-0.2, -0.15) is 0 Å². The predicted octanol–water partition coefficient (Wildman–Crippen LogP) is 1.65. The van der Waals surface area contributed by atoms with Crippen LogP contribution in [0.25, 0.3) is 0 Å². The monoisotopic (exact) mass is 225 g/mol. The maximum Gasteiger partial charge on any atom is 0.120 e. The highest BCUT2D eigenvalue weighted by atomic mass is 16.6. The summed E-state index contributed by atoms with van der Waals surface area (Å²) in [6.45, 7) is 6.91. The number of furan rings is 1. The largest absolute Gasteiger partial charge is 0.465 e. The Morgan fingerprint density at radius 2 is 2.31 bits per heavy atom. The molecule has 4 nitrogen and oxygen atoms in total. The summed E-state index contributed by atoms with van der Waals surface area (Å²) in [4.78, 5) is 0. The Bertz CT molecular complexity index is 318. The van der Waals surface area contributed by atoms with E-state index in [2.05, 4.69) is 12.2 Å².